The van der Waals surface area contributed by atoms with E-state index in [0.29, 0.717) is 6.07 Å². The lowest BCUT2D eigenvalue weighted by Gasteiger charge is -2.12. The van der Waals surface area contributed by atoms with Gasteiger partial charge in [-0.3, -0.25) is 4.79 Å². The first kappa shape index (κ1) is 16.0. The number of aromatic nitrogens is 2. The van der Waals surface area contributed by atoms with E-state index in [1.54, 1.807) is 0 Å². The molecule has 1 heterocycles. The number of hydrogen-bond acceptors (Lipinski definition) is 5. The van der Waals surface area contributed by atoms with Crippen LogP contribution in [0.2, 0.25) is 0 Å². The molecule has 1 atom stereocenters. The van der Waals surface area contributed by atoms with Crippen LogP contribution in [0.5, 0.6) is 5.88 Å². The maximum atomic E-state index is 12.5. The molecule has 10 heteroatoms. The molecule has 1 aliphatic rings. The predicted octanol–water partition coefficient (Wildman–Crippen LogP) is 1.14. The van der Waals surface area contributed by atoms with E-state index >= 15 is 0 Å². The summed E-state index contributed by atoms with van der Waals surface area (Å²) < 4.78 is 65.2. The van der Waals surface area contributed by atoms with E-state index in [0.717, 1.165) is 4.68 Å². The van der Waals surface area contributed by atoms with Crippen molar-refractivity contribution in [2.45, 2.75) is 6.18 Å². The van der Waals surface area contributed by atoms with Gasteiger partial charge in [-0.25, -0.2) is 4.68 Å². The summed E-state index contributed by atoms with van der Waals surface area (Å²) >= 11 is 0. The molecule has 22 heavy (non-hydrogen) atoms. The fraction of sp³-hybridized carbons (Fsp3) is 0.250. The smallest absolute Gasteiger partial charge is 0.407 e. The maximum absolute atomic E-state index is 12.5. The number of nitrogens with zero attached hydrogens (tertiary/aromatic N) is 2. The normalized spacial score (nSPS) is 17.6. The molecule has 1 aromatic rings. The molecule has 0 fully saturated rings. The lowest BCUT2D eigenvalue weighted by Crippen LogP contribution is -2.27. The molecule has 2 rings (SSSR count). The van der Waals surface area contributed by atoms with Gasteiger partial charge >= 0.3 is 12.1 Å². The van der Waals surface area contributed by atoms with Crippen molar-refractivity contribution in [3.05, 3.63) is 36.1 Å². The first-order valence-corrected chi connectivity index (χ1v) is 6.91. The van der Waals surface area contributed by atoms with Gasteiger partial charge in [0.2, 0.25) is 16.2 Å². The zero-order valence-corrected chi connectivity index (χ0v) is 11.9. The Bertz CT molecular complexity index is 795. The number of carbonyl (C=O) groups is 1. The van der Waals surface area contributed by atoms with E-state index in [9.17, 15) is 26.4 Å². The molecule has 0 N–H and O–H groups in total. The zero-order chi connectivity index (χ0) is 16.5. The van der Waals surface area contributed by atoms with Crippen LogP contribution < -0.4 is 4.74 Å². The topological polar surface area (TPSA) is 78.3 Å². The van der Waals surface area contributed by atoms with Crippen molar-refractivity contribution < 1.29 is 31.1 Å². The second-order valence-electron chi connectivity index (χ2n) is 4.27. The highest BCUT2D eigenvalue weighted by molar-refractivity contribution is 7.73. The molecular formula is C12H9F3N2O4S. The number of allylic oxidation sites excluding steroid dienone is 3. The largest absolute Gasteiger partial charge is 0.435 e. The maximum Gasteiger partial charge on any atom is 0.435 e. The lowest BCUT2D eigenvalue weighted by atomic mass is 10.0. The monoisotopic (exact) mass is 334 g/mol. The van der Waals surface area contributed by atoms with Crippen LogP contribution in [0, 0.1) is 5.92 Å². The van der Waals surface area contributed by atoms with E-state index in [2.05, 4.69) is 5.10 Å². The molecule has 1 aliphatic carbocycles. The van der Waals surface area contributed by atoms with Crippen LogP contribution in [-0.2, 0) is 28.3 Å². The number of aryl methyl sites for hydroxylation is 1. The van der Waals surface area contributed by atoms with Crippen molar-refractivity contribution in [2.24, 2.45) is 13.0 Å². The van der Waals surface area contributed by atoms with Gasteiger partial charge in [-0.15, -0.1) is 0 Å². The Morgan fingerprint density at radius 1 is 1.36 bits per heavy atom. The fourth-order valence-electron chi connectivity index (χ4n) is 1.73. The van der Waals surface area contributed by atoms with Crippen LogP contribution in [0.4, 0.5) is 13.2 Å². The molecule has 0 bridgehead atoms. The summed E-state index contributed by atoms with van der Waals surface area (Å²) in [5.41, 5.74) is -1.21. The van der Waals surface area contributed by atoms with Crippen LogP contribution in [0.25, 0.3) is 0 Å². The molecule has 0 saturated heterocycles. The lowest BCUT2D eigenvalue weighted by molar-refractivity contribution is -0.141. The van der Waals surface area contributed by atoms with Crippen LogP contribution >= 0.6 is 0 Å². The van der Waals surface area contributed by atoms with Gasteiger partial charge in [-0.2, -0.15) is 26.7 Å². The van der Waals surface area contributed by atoms with E-state index in [-0.39, 0.29) is 4.86 Å². The average Bonchev–Trinajstić information content (AvgIpc) is 2.80. The molecule has 118 valence electrons. The van der Waals surface area contributed by atoms with Crippen molar-refractivity contribution in [2.75, 3.05) is 0 Å². The number of alkyl halides is 3. The van der Waals surface area contributed by atoms with Gasteiger partial charge in [0.25, 0.3) is 0 Å². The Kier molecular flexibility index (Phi) is 4.22. The number of hydrogen-bond donors (Lipinski definition) is 0. The Labute approximate surface area is 124 Å². The second-order valence-corrected chi connectivity index (χ2v) is 5.21. The molecule has 6 nitrogen and oxygen atoms in total. The summed E-state index contributed by atoms with van der Waals surface area (Å²) in [6.07, 6.45) is 0.658. The van der Waals surface area contributed by atoms with Gasteiger partial charge in [0.15, 0.2) is 5.69 Å². The Morgan fingerprint density at radius 3 is 2.59 bits per heavy atom. The number of halogens is 3. The van der Waals surface area contributed by atoms with Crippen LogP contribution in [0.15, 0.2) is 30.4 Å². The van der Waals surface area contributed by atoms with Crippen LogP contribution in [0.3, 0.4) is 0 Å². The number of esters is 1. The Hall–Kier alpha value is -2.36. The quantitative estimate of drug-likeness (QED) is 0.599. The molecule has 0 aromatic carbocycles. The summed E-state index contributed by atoms with van der Waals surface area (Å²) in [4.78, 5) is 11.7. The van der Waals surface area contributed by atoms with Crippen molar-refractivity contribution in [1.82, 2.24) is 9.78 Å². The minimum Gasteiger partial charge on any atom is -0.407 e. The minimum atomic E-state index is -4.68. The van der Waals surface area contributed by atoms with Gasteiger partial charge in [0.05, 0.1) is 4.86 Å². The third-order valence-electron chi connectivity index (χ3n) is 2.76. The first-order valence-electron chi connectivity index (χ1n) is 5.84. The molecule has 1 unspecified atom stereocenters. The molecule has 0 radical (unpaired) electrons. The SMILES string of the molecule is Cn1nc(C(F)(F)F)cc1OC(=O)C1C=CC=CC1=S(=O)=O. The van der Waals surface area contributed by atoms with Crippen molar-refractivity contribution in [3.8, 4) is 5.88 Å². The van der Waals surface area contributed by atoms with Gasteiger partial charge in [-0.1, -0.05) is 18.2 Å². The van der Waals surface area contributed by atoms with Crippen molar-refractivity contribution in [1.29, 1.82) is 0 Å². The van der Waals surface area contributed by atoms with Gasteiger partial charge in [-0.05, 0) is 6.08 Å². The molecule has 0 amide bonds. The Morgan fingerprint density at radius 2 is 2.05 bits per heavy atom. The molecule has 0 aliphatic heterocycles. The Balaban J connectivity index is 2.26. The van der Waals surface area contributed by atoms with Gasteiger partial charge < -0.3 is 4.74 Å². The average molecular weight is 334 g/mol. The van der Waals surface area contributed by atoms with E-state index < -0.39 is 39.9 Å². The first-order chi connectivity index (χ1) is 10.2. The second kappa shape index (κ2) is 5.79. The highest BCUT2D eigenvalue weighted by Gasteiger charge is 2.35. The summed E-state index contributed by atoms with van der Waals surface area (Å²) in [7, 11) is -1.48. The highest BCUT2D eigenvalue weighted by Crippen LogP contribution is 2.30. The summed E-state index contributed by atoms with van der Waals surface area (Å²) in [5, 5.41) is 3.19. The van der Waals surface area contributed by atoms with Gasteiger partial charge in [0, 0.05) is 13.1 Å². The summed E-state index contributed by atoms with van der Waals surface area (Å²) in [6.45, 7) is 0. The third-order valence-corrected chi connectivity index (χ3v) is 3.54. The molecule has 0 saturated carbocycles. The summed E-state index contributed by atoms with van der Waals surface area (Å²) in [5.74, 6) is -2.67. The molecule has 0 spiro atoms. The fourth-order valence-corrected chi connectivity index (χ4v) is 2.30. The van der Waals surface area contributed by atoms with E-state index in [4.69, 9.17) is 4.74 Å². The molecular weight excluding hydrogens is 325 g/mol. The number of carbonyl (C=O) groups excluding carboxylic acids is 1. The number of rotatable bonds is 2. The predicted molar refractivity (Wildman–Crippen MR) is 69.5 cm³/mol. The third kappa shape index (κ3) is 3.27. The van der Waals surface area contributed by atoms with Gasteiger partial charge in [0.1, 0.15) is 5.92 Å². The summed E-state index contributed by atoms with van der Waals surface area (Å²) in [6, 6.07) is 0.564. The van der Waals surface area contributed by atoms with Crippen LogP contribution in [-0.4, -0.2) is 29.0 Å². The van der Waals surface area contributed by atoms with E-state index in [1.807, 2.05) is 0 Å². The van der Waals surface area contributed by atoms with E-state index in [1.165, 1.54) is 31.4 Å². The molecule has 1 aromatic heterocycles. The van der Waals surface area contributed by atoms with Crippen LogP contribution in [0.1, 0.15) is 5.69 Å². The number of ether oxygens (including phenoxy) is 1. The minimum absolute atomic E-state index is 0.231. The van der Waals surface area contributed by atoms with Crippen molar-refractivity contribution in [3.63, 3.8) is 0 Å². The zero-order valence-electron chi connectivity index (χ0n) is 11.0. The standard InChI is InChI=1S/C12H9F3N2O4S/c1-17-10(6-9(16-17)12(13,14)15)21-11(18)7-4-2-3-5-8(7)22(19)20/h2-7H,1H3. The highest BCUT2D eigenvalue weighted by atomic mass is 32.2. The van der Waals surface area contributed by atoms with Crippen molar-refractivity contribution >= 4 is 21.1 Å².